The Morgan fingerprint density at radius 2 is 1.87 bits per heavy atom. The number of hydrogen-bond donors (Lipinski definition) is 4. The maximum Gasteiger partial charge on any atom is 0.328 e. The molecule has 1 amide bonds. The van der Waals surface area contributed by atoms with E-state index in [0.29, 0.717) is 6.42 Å². The smallest absolute Gasteiger partial charge is 0.328 e. The van der Waals surface area contributed by atoms with E-state index in [-0.39, 0.29) is 71.7 Å². The van der Waals surface area contributed by atoms with Crippen molar-refractivity contribution in [2.24, 2.45) is 0 Å². The van der Waals surface area contributed by atoms with Gasteiger partial charge in [0, 0.05) is 38.5 Å². The van der Waals surface area contributed by atoms with Gasteiger partial charge in [0.2, 0.25) is 0 Å². The minimum absolute atomic E-state index is 0. The first-order chi connectivity index (χ1) is 17.3. The van der Waals surface area contributed by atoms with Crippen molar-refractivity contribution in [1.29, 1.82) is 0 Å². The van der Waals surface area contributed by atoms with Crippen molar-refractivity contribution in [1.82, 2.24) is 16.0 Å². The van der Waals surface area contributed by atoms with Gasteiger partial charge in [0.25, 0.3) is 5.91 Å². The summed E-state index contributed by atoms with van der Waals surface area (Å²) in [6.07, 6.45) is 0.828. The van der Waals surface area contributed by atoms with Gasteiger partial charge in [0.15, 0.2) is 11.5 Å². The summed E-state index contributed by atoms with van der Waals surface area (Å²) in [5.41, 5.74) is 0.530. The topological polar surface area (TPSA) is 126 Å². The molecule has 9 nitrogen and oxygen atoms in total. The summed E-state index contributed by atoms with van der Waals surface area (Å²) in [7, 11) is 0. The Morgan fingerprint density at radius 1 is 1.16 bits per heavy atom. The van der Waals surface area contributed by atoms with E-state index < -0.39 is 29.6 Å². The molecule has 0 spiro atoms. The number of hydrogen-bond acceptors (Lipinski definition) is 8. The molecule has 1 aliphatic rings. The molecule has 0 bridgehead atoms. The van der Waals surface area contributed by atoms with Gasteiger partial charge in [-0.05, 0) is 25.0 Å². The highest BCUT2D eigenvalue weighted by Gasteiger charge is 2.28. The first-order valence-corrected chi connectivity index (χ1v) is 12.4. The van der Waals surface area contributed by atoms with Gasteiger partial charge in [-0.3, -0.25) is 9.59 Å². The Morgan fingerprint density at radius 3 is 2.50 bits per heavy atom. The lowest BCUT2D eigenvalue weighted by Gasteiger charge is -2.24. The molecule has 0 radical (unpaired) electrons. The van der Waals surface area contributed by atoms with Crippen LogP contribution in [-0.4, -0.2) is 61.3 Å². The molecule has 1 aliphatic heterocycles. The fourth-order valence-electron chi connectivity index (χ4n) is 3.75. The summed E-state index contributed by atoms with van der Waals surface area (Å²) in [6.45, 7) is 4.23. The van der Waals surface area contributed by atoms with Crippen molar-refractivity contribution in [2.75, 3.05) is 26.2 Å². The van der Waals surface area contributed by atoms with Gasteiger partial charge >= 0.3 is 11.9 Å². The Balaban J connectivity index is 0.00000361. The fraction of sp³-hybridized carbons (Fsp3) is 0.400. The summed E-state index contributed by atoms with van der Waals surface area (Å²) in [5, 5.41) is 19.2. The second-order valence-corrected chi connectivity index (χ2v) is 9.02. The molecular weight excluding hydrogens is 580 g/mol. The number of aromatic hydroxyl groups is 1. The monoisotopic (exact) mass is 609 g/mol. The van der Waals surface area contributed by atoms with Crippen LogP contribution in [0.25, 0.3) is 0 Å². The summed E-state index contributed by atoms with van der Waals surface area (Å²) in [6, 6.07) is 9.35. The van der Waals surface area contributed by atoms with Crippen LogP contribution in [0.3, 0.4) is 0 Å². The van der Waals surface area contributed by atoms with Crippen molar-refractivity contribution >= 4 is 65.9 Å². The number of halogens is 4. The van der Waals surface area contributed by atoms with Crippen LogP contribution in [0, 0.1) is 0 Å². The van der Waals surface area contributed by atoms with Crippen LogP contribution in [0.15, 0.2) is 36.4 Å². The van der Waals surface area contributed by atoms with Crippen LogP contribution in [-0.2, 0) is 20.7 Å². The van der Waals surface area contributed by atoms with E-state index in [1.54, 1.807) is 6.92 Å². The maximum absolute atomic E-state index is 13.0. The largest absolute Gasteiger partial charge is 0.505 e. The van der Waals surface area contributed by atoms with E-state index in [0.717, 1.165) is 31.3 Å². The molecule has 1 heterocycles. The summed E-state index contributed by atoms with van der Waals surface area (Å²) >= 11 is 12.5. The normalized spacial score (nSPS) is 15.3. The fourth-order valence-corrected chi connectivity index (χ4v) is 4.29. The predicted octanol–water partition coefficient (Wildman–Crippen LogP) is 3.69. The molecule has 1 unspecified atom stereocenters. The molecule has 4 N–H and O–H groups in total. The quantitative estimate of drug-likeness (QED) is 0.237. The molecule has 13 heteroatoms. The van der Waals surface area contributed by atoms with E-state index in [2.05, 4.69) is 16.0 Å². The van der Waals surface area contributed by atoms with Crippen molar-refractivity contribution in [3.8, 4) is 11.5 Å². The Kier molecular flexibility index (Phi) is 14.8. The van der Waals surface area contributed by atoms with Crippen molar-refractivity contribution in [2.45, 2.75) is 38.3 Å². The Bertz CT molecular complexity index is 1080. The molecule has 38 heavy (non-hydrogen) atoms. The zero-order chi connectivity index (χ0) is 26.1. The molecule has 1 fully saturated rings. The molecular formula is C25H31Cl4N3O6. The molecule has 210 valence electrons. The van der Waals surface area contributed by atoms with Gasteiger partial charge in [-0.1, -0.05) is 53.5 Å². The second kappa shape index (κ2) is 16.6. The van der Waals surface area contributed by atoms with E-state index in [1.165, 1.54) is 0 Å². The third-order valence-electron chi connectivity index (χ3n) is 5.59. The molecule has 3 rings (SSSR count). The SMILES string of the molecule is CCOC(=O)[C@H](Cc1ccccc1)NC(=O)c1cc(Cl)c(OC(=O)CCC2CNCCN2)c(Cl)c1O.Cl.Cl. The van der Waals surface area contributed by atoms with Gasteiger partial charge in [-0.25, -0.2) is 4.79 Å². The molecule has 2 atom stereocenters. The third-order valence-corrected chi connectivity index (χ3v) is 6.22. The van der Waals surface area contributed by atoms with Crippen molar-refractivity contribution in [3.63, 3.8) is 0 Å². The number of carbonyl (C=O) groups is 3. The van der Waals surface area contributed by atoms with Crippen LogP contribution in [0.1, 0.15) is 35.7 Å². The maximum atomic E-state index is 13.0. The summed E-state index contributed by atoms with van der Waals surface area (Å²) in [5.74, 6) is -2.85. The number of piperazine rings is 1. The van der Waals surface area contributed by atoms with Crippen LogP contribution in [0.5, 0.6) is 11.5 Å². The van der Waals surface area contributed by atoms with E-state index >= 15 is 0 Å². The molecule has 2 aromatic rings. The number of ether oxygens (including phenoxy) is 2. The molecule has 1 saturated heterocycles. The number of phenols is 1. The predicted molar refractivity (Wildman–Crippen MR) is 150 cm³/mol. The second-order valence-electron chi connectivity index (χ2n) is 8.23. The molecule has 0 aromatic heterocycles. The van der Waals surface area contributed by atoms with Gasteiger partial charge < -0.3 is 30.5 Å². The summed E-state index contributed by atoms with van der Waals surface area (Å²) in [4.78, 5) is 37.8. The lowest BCUT2D eigenvalue weighted by molar-refractivity contribution is -0.145. The number of nitrogens with one attached hydrogen (secondary N) is 3. The zero-order valence-corrected chi connectivity index (χ0v) is 23.8. The Labute approximate surface area is 243 Å². The number of benzene rings is 2. The van der Waals surface area contributed by atoms with E-state index in [1.807, 2.05) is 30.3 Å². The lowest BCUT2D eigenvalue weighted by atomic mass is 10.1. The number of carbonyl (C=O) groups excluding carboxylic acids is 3. The molecule has 0 aliphatic carbocycles. The average molecular weight is 611 g/mol. The van der Waals surface area contributed by atoms with Gasteiger partial charge in [0.1, 0.15) is 11.1 Å². The lowest BCUT2D eigenvalue weighted by Crippen LogP contribution is -2.48. The first-order valence-electron chi connectivity index (χ1n) is 11.7. The van der Waals surface area contributed by atoms with Crippen LogP contribution < -0.4 is 20.7 Å². The molecule has 0 saturated carbocycles. The first kappa shape index (κ1) is 33.8. The third kappa shape index (κ3) is 9.48. The van der Waals surface area contributed by atoms with E-state index in [9.17, 15) is 19.5 Å². The Hall–Kier alpha value is -2.27. The van der Waals surface area contributed by atoms with E-state index in [4.69, 9.17) is 32.7 Å². The van der Waals surface area contributed by atoms with Crippen LogP contribution >= 0.6 is 48.0 Å². The van der Waals surface area contributed by atoms with Crippen LogP contribution in [0.4, 0.5) is 0 Å². The highest BCUT2D eigenvalue weighted by molar-refractivity contribution is 6.39. The average Bonchev–Trinajstić information content (AvgIpc) is 2.88. The number of phenolic OH excluding ortho intramolecular Hbond substituents is 1. The summed E-state index contributed by atoms with van der Waals surface area (Å²) < 4.78 is 10.4. The minimum Gasteiger partial charge on any atom is -0.505 e. The number of amides is 1. The highest BCUT2D eigenvalue weighted by atomic mass is 35.5. The van der Waals surface area contributed by atoms with Crippen molar-refractivity contribution < 1.29 is 29.0 Å². The minimum atomic E-state index is -1.02. The standard InChI is InChI=1S/C25H29Cl2N3O6.2ClH/c1-2-35-25(34)19(12-15-6-4-3-5-7-15)30-24(33)17-13-18(26)23(21(27)22(17)32)36-20(31)9-8-16-14-28-10-11-29-16;;/h3-7,13,16,19,28-29,32H,2,8-12,14H2,1H3,(H,30,33);2*1H/t16?,19-;;/m0../s1. The van der Waals surface area contributed by atoms with Crippen LogP contribution in [0.2, 0.25) is 10.0 Å². The van der Waals surface area contributed by atoms with Gasteiger partial charge in [-0.2, -0.15) is 0 Å². The highest BCUT2D eigenvalue weighted by Crippen LogP contribution is 2.42. The number of esters is 2. The number of rotatable bonds is 10. The zero-order valence-electron chi connectivity index (χ0n) is 20.6. The van der Waals surface area contributed by atoms with Gasteiger partial charge in [-0.15, -0.1) is 24.8 Å². The molecule has 2 aromatic carbocycles. The van der Waals surface area contributed by atoms with Gasteiger partial charge in [0.05, 0.1) is 17.2 Å². The van der Waals surface area contributed by atoms with Crippen molar-refractivity contribution in [3.05, 3.63) is 57.6 Å².